The number of carbonyl (C=O) groups excluding carboxylic acids is 1. The van der Waals surface area contributed by atoms with E-state index in [9.17, 15) is 18.0 Å². The molecule has 1 N–H and O–H groups in total. The zero-order chi connectivity index (χ0) is 18.0. The number of halogens is 3. The zero-order valence-electron chi connectivity index (χ0n) is 14.6. The highest BCUT2D eigenvalue weighted by molar-refractivity contribution is 5.78. The van der Waals surface area contributed by atoms with Crippen LogP contribution in [-0.2, 0) is 17.4 Å². The van der Waals surface area contributed by atoms with E-state index in [1.807, 2.05) is 6.92 Å². The predicted molar refractivity (Wildman–Crippen MR) is 90.7 cm³/mol. The van der Waals surface area contributed by atoms with E-state index in [0.717, 1.165) is 37.8 Å². The average Bonchev–Trinajstić information content (AvgIpc) is 2.53. The molecular formula is C19H28F3NO. The molecule has 0 bridgehead atoms. The summed E-state index contributed by atoms with van der Waals surface area (Å²) in [5.74, 6) is -0.213. The second-order valence-corrected chi connectivity index (χ2v) is 6.25. The highest BCUT2D eigenvalue weighted by Gasteiger charge is 2.30. The van der Waals surface area contributed by atoms with Gasteiger partial charge in [0.15, 0.2) is 0 Å². The molecular weight excluding hydrogens is 315 g/mol. The third kappa shape index (κ3) is 7.84. The Bertz CT molecular complexity index is 500. The summed E-state index contributed by atoms with van der Waals surface area (Å²) in [7, 11) is 0. The van der Waals surface area contributed by atoms with Crippen molar-refractivity contribution in [2.45, 2.75) is 77.4 Å². The number of nitrogens with one attached hydrogen (secondary N) is 1. The minimum Gasteiger partial charge on any atom is -0.353 e. The first-order chi connectivity index (χ1) is 11.4. The number of unbranched alkanes of at least 4 members (excludes halogenated alkanes) is 4. The van der Waals surface area contributed by atoms with Crippen LogP contribution in [0.15, 0.2) is 24.3 Å². The fourth-order valence-electron chi connectivity index (χ4n) is 2.69. The Hall–Kier alpha value is -1.52. The van der Waals surface area contributed by atoms with E-state index in [0.29, 0.717) is 5.56 Å². The number of hydrogen-bond acceptors (Lipinski definition) is 1. The lowest BCUT2D eigenvalue weighted by Gasteiger charge is -2.17. The van der Waals surface area contributed by atoms with Crippen LogP contribution in [-0.4, -0.2) is 11.9 Å². The molecule has 0 spiro atoms. The molecule has 1 amide bonds. The topological polar surface area (TPSA) is 29.1 Å². The summed E-state index contributed by atoms with van der Waals surface area (Å²) in [6.07, 6.45) is 3.24. The molecule has 0 radical (unpaired) electrons. The second-order valence-electron chi connectivity index (χ2n) is 6.25. The van der Waals surface area contributed by atoms with Gasteiger partial charge < -0.3 is 5.32 Å². The second kappa shape index (κ2) is 10.4. The summed E-state index contributed by atoms with van der Waals surface area (Å²) < 4.78 is 38.1. The number of carbonyl (C=O) groups is 1. The monoisotopic (exact) mass is 343 g/mol. The Morgan fingerprint density at radius 1 is 1.12 bits per heavy atom. The van der Waals surface area contributed by atoms with Crippen molar-refractivity contribution >= 4 is 5.91 Å². The van der Waals surface area contributed by atoms with Crippen LogP contribution in [0.5, 0.6) is 0 Å². The lowest BCUT2D eigenvalue weighted by molar-refractivity contribution is -0.137. The molecule has 0 saturated heterocycles. The first-order valence-corrected chi connectivity index (χ1v) is 8.82. The van der Waals surface area contributed by atoms with Gasteiger partial charge in [0.2, 0.25) is 5.91 Å². The molecule has 0 aliphatic carbocycles. The molecule has 1 unspecified atom stereocenters. The van der Waals surface area contributed by atoms with Gasteiger partial charge in [0.25, 0.3) is 0 Å². The van der Waals surface area contributed by atoms with Crippen LogP contribution in [0.3, 0.4) is 0 Å². The minimum atomic E-state index is -4.38. The Balaban J connectivity index is 2.46. The van der Waals surface area contributed by atoms with E-state index < -0.39 is 11.7 Å². The summed E-state index contributed by atoms with van der Waals surface area (Å²) in [6.45, 7) is 4.18. The van der Waals surface area contributed by atoms with Crippen LogP contribution in [0.1, 0.15) is 69.9 Å². The highest BCUT2D eigenvalue weighted by Crippen LogP contribution is 2.29. The molecule has 5 heteroatoms. The van der Waals surface area contributed by atoms with Gasteiger partial charge in [-0.3, -0.25) is 4.79 Å². The molecule has 0 aromatic heterocycles. The molecule has 0 heterocycles. The average molecular weight is 343 g/mol. The van der Waals surface area contributed by atoms with Crippen molar-refractivity contribution < 1.29 is 18.0 Å². The van der Waals surface area contributed by atoms with Gasteiger partial charge in [0.1, 0.15) is 0 Å². The van der Waals surface area contributed by atoms with Gasteiger partial charge in [-0.05, 0) is 24.5 Å². The van der Waals surface area contributed by atoms with E-state index >= 15 is 0 Å². The summed E-state index contributed by atoms with van der Waals surface area (Å²) in [6, 6.07) is 5.07. The third-order valence-electron chi connectivity index (χ3n) is 4.13. The fourth-order valence-corrected chi connectivity index (χ4v) is 2.69. The molecule has 0 saturated carbocycles. The Morgan fingerprint density at radius 3 is 2.46 bits per heavy atom. The van der Waals surface area contributed by atoms with E-state index in [4.69, 9.17) is 0 Å². The lowest BCUT2D eigenvalue weighted by atomic mass is 10.0. The maximum Gasteiger partial charge on any atom is 0.416 e. The number of amides is 1. The van der Waals surface area contributed by atoms with Crippen LogP contribution in [0.25, 0.3) is 0 Å². The number of rotatable bonds is 10. The van der Waals surface area contributed by atoms with Gasteiger partial charge in [-0.15, -0.1) is 0 Å². The maximum atomic E-state index is 12.7. The SMILES string of the molecule is CCCCCCCC(CC)NC(=O)Cc1cccc(C(F)(F)F)c1. The van der Waals surface area contributed by atoms with Crippen LogP contribution < -0.4 is 5.32 Å². The standard InChI is InChI=1S/C19H28F3NO/c1-3-5-6-7-8-12-17(4-2)23-18(24)14-15-10-9-11-16(13-15)19(20,21)22/h9-11,13,17H,3-8,12,14H2,1-2H3,(H,23,24). The molecule has 0 aliphatic heterocycles. The van der Waals surface area contributed by atoms with Gasteiger partial charge in [-0.1, -0.05) is 64.2 Å². The van der Waals surface area contributed by atoms with Gasteiger partial charge in [-0.25, -0.2) is 0 Å². The first-order valence-electron chi connectivity index (χ1n) is 8.82. The van der Waals surface area contributed by atoms with Crippen molar-refractivity contribution in [1.29, 1.82) is 0 Å². The van der Waals surface area contributed by atoms with Gasteiger partial charge in [-0.2, -0.15) is 13.2 Å². The van der Waals surface area contributed by atoms with Crippen molar-refractivity contribution in [1.82, 2.24) is 5.32 Å². The molecule has 24 heavy (non-hydrogen) atoms. The molecule has 1 aromatic carbocycles. The molecule has 0 aliphatic rings. The number of benzene rings is 1. The van der Waals surface area contributed by atoms with Crippen LogP contribution in [0.2, 0.25) is 0 Å². The quantitative estimate of drug-likeness (QED) is 0.558. The highest BCUT2D eigenvalue weighted by atomic mass is 19.4. The molecule has 136 valence electrons. The van der Waals surface area contributed by atoms with Crippen LogP contribution in [0.4, 0.5) is 13.2 Å². The Labute approximate surface area is 142 Å². The van der Waals surface area contributed by atoms with Crippen LogP contribution >= 0.6 is 0 Å². The predicted octanol–water partition coefficient (Wildman–Crippen LogP) is 5.50. The van der Waals surface area contributed by atoms with Crippen molar-refractivity contribution in [3.8, 4) is 0 Å². The number of alkyl halides is 3. The van der Waals surface area contributed by atoms with Crippen LogP contribution in [0, 0.1) is 0 Å². The molecule has 0 fully saturated rings. The zero-order valence-corrected chi connectivity index (χ0v) is 14.6. The molecule has 1 rings (SSSR count). The van der Waals surface area contributed by atoms with Crippen molar-refractivity contribution in [2.24, 2.45) is 0 Å². The minimum absolute atomic E-state index is 0.0176. The van der Waals surface area contributed by atoms with Crippen molar-refractivity contribution in [2.75, 3.05) is 0 Å². The Kier molecular flexibility index (Phi) is 8.87. The maximum absolute atomic E-state index is 12.7. The van der Waals surface area contributed by atoms with Gasteiger partial charge in [0.05, 0.1) is 12.0 Å². The van der Waals surface area contributed by atoms with Gasteiger partial charge >= 0.3 is 6.18 Å². The summed E-state index contributed by atoms with van der Waals surface area (Å²) in [4.78, 5) is 12.1. The largest absolute Gasteiger partial charge is 0.416 e. The molecule has 1 atom stereocenters. The van der Waals surface area contributed by atoms with E-state index in [2.05, 4.69) is 12.2 Å². The molecule has 2 nitrogen and oxygen atoms in total. The summed E-state index contributed by atoms with van der Waals surface area (Å²) >= 11 is 0. The first kappa shape index (κ1) is 20.5. The van der Waals surface area contributed by atoms with Gasteiger partial charge in [0, 0.05) is 6.04 Å². The smallest absolute Gasteiger partial charge is 0.353 e. The number of hydrogen-bond donors (Lipinski definition) is 1. The summed E-state index contributed by atoms with van der Waals surface area (Å²) in [5.41, 5.74) is -0.323. The molecule has 1 aromatic rings. The Morgan fingerprint density at radius 2 is 1.83 bits per heavy atom. The van der Waals surface area contributed by atoms with E-state index in [-0.39, 0.29) is 18.4 Å². The lowest BCUT2D eigenvalue weighted by Crippen LogP contribution is -2.35. The fraction of sp³-hybridized carbons (Fsp3) is 0.632. The van der Waals surface area contributed by atoms with E-state index in [1.165, 1.54) is 25.3 Å². The van der Waals surface area contributed by atoms with Crippen molar-refractivity contribution in [3.05, 3.63) is 35.4 Å². The normalized spacial score (nSPS) is 12.9. The summed E-state index contributed by atoms with van der Waals surface area (Å²) in [5, 5.41) is 2.94. The third-order valence-corrected chi connectivity index (χ3v) is 4.13. The van der Waals surface area contributed by atoms with E-state index in [1.54, 1.807) is 6.07 Å². The van der Waals surface area contributed by atoms with Crippen molar-refractivity contribution in [3.63, 3.8) is 0 Å².